The van der Waals surface area contributed by atoms with E-state index < -0.39 is 5.97 Å². The minimum absolute atomic E-state index is 0.168. The number of piperazine rings is 1. The lowest BCUT2D eigenvalue weighted by Crippen LogP contribution is -2.60. The minimum atomic E-state index is -0.601. The SMILES string of the molecule is CC1CCC(C(=O)O)C(N2CC(C)N(C)C(C)C2)C1. The van der Waals surface area contributed by atoms with Crippen LogP contribution in [0, 0.1) is 11.8 Å². The fourth-order valence-electron chi connectivity index (χ4n) is 3.76. The van der Waals surface area contributed by atoms with E-state index >= 15 is 0 Å². The van der Waals surface area contributed by atoms with Crippen molar-refractivity contribution in [3.63, 3.8) is 0 Å². The summed E-state index contributed by atoms with van der Waals surface area (Å²) in [4.78, 5) is 16.4. The quantitative estimate of drug-likeness (QED) is 0.831. The predicted molar refractivity (Wildman–Crippen MR) is 76.2 cm³/mol. The van der Waals surface area contributed by atoms with Crippen LogP contribution in [0.3, 0.4) is 0 Å². The van der Waals surface area contributed by atoms with Crippen molar-refractivity contribution < 1.29 is 9.90 Å². The molecule has 1 saturated carbocycles. The van der Waals surface area contributed by atoms with Gasteiger partial charge in [0.2, 0.25) is 0 Å². The number of likely N-dealkylation sites (N-methyl/N-ethyl adjacent to an activating group) is 1. The molecule has 0 aromatic carbocycles. The molecule has 0 aromatic heterocycles. The highest BCUT2D eigenvalue weighted by atomic mass is 16.4. The molecule has 5 unspecified atom stereocenters. The van der Waals surface area contributed by atoms with Crippen molar-refractivity contribution in [3.05, 3.63) is 0 Å². The third-order valence-corrected chi connectivity index (χ3v) is 5.25. The van der Waals surface area contributed by atoms with Crippen LogP contribution in [-0.2, 0) is 4.79 Å². The highest BCUT2D eigenvalue weighted by molar-refractivity contribution is 5.71. The van der Waals surface area contributed by atoms with Crippen LogP contribution in [0.25, 0.3) is 0 Å². The van der Waals surface area contributed by atoms with Crippen molar-refractivity contribution >= 4 is 5.97 Å². The number of aliphatic carboxylic acids is 1. The Morgan fingerprint density at radius 3 is 2.21 bits per heavy atom. The number of hydrogen-bond acceptors (Lipinski definition) is 3. The van der Waals surface area contributed by atoms with E-state index in [0.29, 0.717) is 18.0 Å². The third-order valence-electron chi connectivity index (χ3n) is 5.25. The van der Waals surface area contributed by atoms with Crippen molar-refractivity contribution in [1.29, 1.82) is 0 Å². The van der Waals surface area contributed by atoms with E-state index in [1.165, 1.54) is 0 Å². The molecular weight excluding hydrogens is 240 g/mol. The molecular formula is C15H28N2O2. The molecule has 0 bridgehead atoms. The van der Waals surface area contributed by atoms with Crippen LogP contribution in [0.1, 0.15) is 40.0 Å². The molecule has 0 radical (unpaired) electrons. The van der Waals surface area contributed by atoms with Gasteiger partial charge in [0.1, 0.15) is 0 Å². The molecule has 4 heteroatoms. The van der Waals surface area contributed by atoms with Gasteiger partial charge in [-0.05, 0) is 46.1 Å². The van der Waals surface area contributed by atoms with Crippen molar-refractivity contribution in [2.45, 2.75) is 58.2 Å². The summed E-state index contributed by atoms with van der Waals surface area (Å²) in [6.45, 7) is 8.74. The molecule has 1 heterocycles. The van der Waals surface area contributed by atoms with Crippen molar-refractivity contribution in [3.8, 4) is 0 Å². The van der Waals surface area contributed by atoms with E-state index in [9.17, 15) is 9.90 Å². The first-order chi connectivity index (χ1) is 8.90. The second-order valence-electron chi connectivity index (χ2n) is 6.75. The maximum atomic E-state index is 11.5. The maximum absolute atomic E-state index is 11.5. The summed E-state index contributed by atoms with van der Waals surface area (Å²) in [5.74, 6) is -0.110. The number of carboxylic acid groups (broad SMARTS) is 1. The first-order valence-corrected chi connectivity index (χ1v) is 7.59. The van der Waals surface area contributed by atoms with Gasteiger partial charge >= 0.3 is 5.97 Å². The molecule has 110 valence electrons. The molecule has 2 fully saturated rings. The molecule has 0 spiro atoms. The van der Waals surface area contributed by atoms with Gasteiger partial charge in [-0.3, -0.25) is 14.6 Å². The number of hydrogen-bond donors (Lipinski definition) is 1. The van der Waals surface area contributed by atoms with Crippen LogP contribution in [-0.4, -0.2) is 59.1 Å². The van der Waals surface area contributed by atoms with E-state index in [-0.39, 0.29) is 12.0 Å². The molecule has 1 aliphatic heterocycles. The van der Waals surface area contributed by atoms with Crippen LogP contribution in [0.2, 0.25) is 0 Å². The second-order valence-corrected chi connectivity index (χ2v) is 6.75. The van der Waals surface area contributed by atoms with E-state index in [1.807, 2.05) is 0 Å². The summed E-state index contributed by atoms with van der Waals surface area (Å²) in [6.07, 6.45) is 2.95. The van der Waals surface area contributed by atoms with Gasteiger partial charge in [-0.15, -0.1) is 0 Å². The number of carbonyl (C=O) groups is 1. The third kappa shape index (κ3) is 3.11. The summed E-state index contributed by atoms with van der Waals surface area (Å²) in [7, 11) is 2.17. The highest BCUT2D eigenvalue weighted by Crippen LogP contribution is 2.34. The Hall–Kier alpha value is -0.610. The molecule has 1 aliphatic carbocycles. The van der Waals surface area contributed by atoms with Crippen molar-refractivity contribution in [2.24, 2.45) is 11.8 Å². The smallest absolute Gasteiger partial charge is 0.308 e. The van der Waals surface area contributed by atoms with Crippen molar-refractivity contribution in [2.75, 3.05) is 20.1 Å². The van der Waals surface area contributed by atoms with Gasteiger partial charge in [0, 0.05) is 31.2 Å². The first kappa shape index (κ1) is 14.8. The van der Waals surface area contributed by atoms with E-state index in [2.05, 4.69) is 37.6 Å². The molecule has 0 amide bonds. The average Bonchev–Trinajstić information content (AvgIpc) is 2.34. The maximum Gasteiger partial charge on any atom is 0.308 e. The summed E-state index contributed by atoms with van der Waals surface area (Å²) < 4.78 is 0. The zero-order valence-electron chi connectivity index (χ0n) is 12.7. The monoisotopic (exact) mass is 268 g/mol. The van der Waals surface area contributed by atoms with Crippen LogP contribution in [0.4, 0.5) is 0 Å². The molecule has 0 aromatic rings. The second kappa shape index (κ2) is 5.80. The Kier molecular flexibility index (Phi) is 4.51. The lowest BCUT2D eigenvalue weighted by atomic mass is 9.77. The van der Waals surface area contributed by atoms with Gasteiger partial charge in [0.25, 0.3) is 0 Å². The number of rotatable bonds is 2. The molecule has 2 rings (SSSR count). The average molecular weight is 268 g/mol. The van der Waals surface area contributed by atoms with Crippen LogP contribution in [0.5, 0.6) is 0 Å². The minimum Gasteiger partial charge on any atom is -0.481 e. The molecule has 1 saturated heterocycles. The van der Waals surface area contributed by atoms with Gasteiger partial charge in [-0.2, -0.15) is 0 Å². The fraction of sp³-hybridized carbons (Fsp3) is 0.933. The molecule has 5 atom stereocenters. The lowest BCUT2D eigenvalue weighted by molar-refractivity contribution is -0.147. The van der Waals surface area contributed by atoms with Crippen LogP contribution in [0.15, 0.2) is 0 Å². The standard InChI is InChI=1S/C15H28N2O2/c1-10-5-6-13(15(18)19)14(7-10)17-8-11(2)16(4)12(3)9-17/h10-14H,5-9H2,1-4H3,(H,18,19). The number of carboxylic acids is 1. The zero-order valence-corrected chi connectivity index (χ0v) is 12.7. The van der Waals surface area contributed by atoms with E-state index in [4.69, 9.17) is 0 Å². The Labute approximate surface area is 116 Å². The van der Waals surface area contributed by atoms with Gasteiger partial charge in [0.05, 0.1) is 5.92 Å². The summed E-state index contributed by atoms with van der Waals surface area (Å²) in [5.41, 5.74) is 0. The highest BCUT2D eigenvalue weighted by Gasteiger charge is 2.40. The zero-order chi connectivity index (χ0) is 14.2. The van der Waals surface area contributed by atoms with Gasteiger partial charge in [0.15, 0.2) is 0 Å². The lowest BCUT2D eigenvalue weighted by Gasteiger charge is -2.48. The Morgan fingerprint density at radius 2 is 1.68 bits per heavy atom. The van der Waals surface area contributed by atoms with Crippen LogP contribution < -0.4 is 0 Å². The molecule has 4 nitrogen and oxygen atoms in total. The predicted octanol–water partition coefficient (Wildman–Crippen LogP) is 1.90. The topological polar surface area (TPSA) is 43.8 Å². The van der Waals surface area contributed by atoms with E-state index in [0.717, 1.165) is 32.4 Å². The van der Waals surface area contributed by atoms with Gasteiger partial charge < -0.3 is 5.11 Å². The van der Waals surface area contributed by atoms with Crippen LogP contribution >= 0.6 is 0 Å². The fourth-order valence-corrected chi connectivity index (χ4v) is 3.76. The van der Waals surface area contributed by atoms with Crippen molar-refractivity contribution in [1.82, 2.24) is 9.80 Å². The molecule has 19 heavy (non-hydrogen) atoms. The normalized spacial score (nSPS) is 42.2. The van der Waals surface area contributed by atoms with Gasteiger partial charge in [-0.1, -0.05) is 6.92 Å². The summed E-state index contributed by atoms with van der Waals surface area (Å²) >= 11 is 0. The molecule has 2 aliphatic rings. The Morgan fingerprint density at radius 1 is 1.11 bits per heavy atom. The van der Waals surface area contributed by atoms with E-state index in [1.54, 1.807) is 0 Å². The van der Waals surface area contributed by atoms with Gasteiger partial charge in [-0.25, -0.2) is 0 Å². The summed E-state index contributed by atoms with van der Waals surface area (Å²) in [5, 5.41) is 9.47. The summed E-state index contributed by atoms with van der Waals surface area (Å²) in [6, 6.07) is 1.26. The first-order valence-electron chi connectivity index (χ1n) is 7.59. The molecule has 1 N–H and O–H groups in total. The Bertz CT molecular complexity index is 322. The Balaban J connectivity index is 2.11. The largest absolute Gasteiger partial charge is 0.481 e. The number of nitrogens with zero attached hydrogens (tertiary/aromatic N) is 2.